The fourth-order valence-corrected chi connectivity index (χ4v) is 2.21. The van der Waals surface area contributed by atoms with Gasteiger partial charge in [0.2, 0.25) is 0 Å². The van der Waals surface area contributed by atoms with Crippen LogP contribution in [-0.4, -0.2) is 17.9 Å². The Hall–Kier alpha value is -1.77. The lowest BCUT2D eigenvalue weighted by Crippen LogP contribution is -2.05. The summed E-state index contributed by atoms with van der Waals surface area (Å²) in [6.45, 7) is 7.62. The SMILES string of the molecule is [B]c1ccc2nc(C)c(CC)c(C(=C)O)c2c1. The van der Waals surface area contributed by atoms with Crippen LogP contribution in [0.3, 0.4) is 0 Å². The molecule has 2 nitrogen and oxygen atoms in total. The number of hydrogen-bond acceptors (Lipinski definition) is 2. The van der Waals surface area contributed by atoms with E-state index in [1.807, 2.05) is 32.0 Å². The molecule has 1 aromatic heterocycles. The lowest BCUT2D eigenvalue weighted by molar-refractivity contribution is 0.513. The molecular formula is C14H14BNO. The third kappa shape index (κ3) is 1.93. The van der Waals surface area contributed by atoms with Gasteiger partial charge in [-0.15, -0.1) is 0 Å². The number of pyridine rings is 1. The van der Waals surface area contributed by atoms with Crippen molar-refractivity contribution >= 4 is 30.0 Å². The molecule has 0 fully saturated rings. The van der Waals surface area contributed by atoms with E-state index in [0.29, 0.717) is 5.46 Å². The largest absolute Gasteiger partial charge is 0.508 e. The summed E-state index contributed by atoms with van der Waals surface area (Å²) in [7, 11) is 5.78. The standard InChI is InChI=1S/C14H14BNO/c1-4-11-8(2)16-13-6-5-10(15)7-12(13)14(11)9(3)17/h5-7,17H,3-4H2,1-2H3. The maximum absolute atomic E-state index is 9.79. The van der Waals surface area contributed by atoms with Crippen molar-refractivity contribution in [1.82, 2.24) is 4.98 Å². The number of hydrogen-bond donors (Lipinski definition) is 1. The van der Waals surface area contributed by atoms with Crippen molar-refractivity contribution in [2.45, 2.75) is 20.3 Å². The molecule has 0 aliphatic carbocycles. The Balaban J connectivity index is 2.94. The van der Waals surface area contributed by atoms with Crippen LogP contribution in [0, 0.1) is 6.92 Å². The zero-order chi connectivity index (χ0) is 12.6. The second-order valence-electron chi connectivity index (χ2n) is 4.13. The molecule has 2 aromatic rings. The zero-order valence-corrected chi connectivity index (χ0v) is 10.1. The highest BCUT2D eigenvalue weighted by Crippen LogP contribution is 2.27. The number of aryl methyl sites for hydroxylation is 1. The molecule has 84 valence electrons. The Morgan fingerprint density at radius 2 is 2.18 bits per heavy atom. The van der Waals surface area contributed by atoms with E-state index in [2.05, 4.69) is 11.6 Å². The fraction of sp³-hybridized carbons (Fsp3) is 0.214. The van der Waals surface area contributed by atoms with Crippen LogP contribution in [0.2, 0.25) is 0 Å². The third-order valence-electron chi connectivity index (χ3n) is 2.96. The Morgan fingerprint density at radius 1 is 1.47 bits per heavy atom. The minimum atomic E-state index is 0.0722. The van der Waals surface area contributed by atoms with Crippen molar-refractivity contribution < 1.29 is 5.11 Å². The molecule has 2 radical (unpaired) electrons. The summed E-state index contributed by atoms with van der Waals surface area (Å²) in [5.41, 5.74) is 4.21. The predicted octanol–water partition coefficient (Wildman–Crippen LogP) is 2.43. The lowest BCUT2D eigenvalue weighted by atomic mass is 9.91. The van der Waals surface area contributed by atoms with Gasteiger partial charge >= 0.3 is 0 Å². The number of aromatic nitrogens is 1. The average molecular weight is 223 g/mol. The Labute approximate surface area is 102 Å². The van der Waals surface area contributed by atoms with Gasteiger partial charge in [0.25, 0.3) is 0 Å². The Morgan fingerprint density at radius 3 is 2.76 bits per heavy atom. The van der Waals surface area contributed by atoms with E-state index >= 15 is 0 Å². The van der Waals surface area contributed by atoms with E-state index in [0.717, 1.165) is 34.1 Å². The van der Waals surface area contributed by atoms with Crippen LogP contribution in [0.15, 0.2) is 24.8 Å². The van der Waals surface area contributed by atoms with Crippen LogP contribution in [0.1, 0.15) is 23.7 Å². The highest BCUT2D eigenvalue weighted by Gasteiger charge is 2.13. The van der Waals surface area contributed by atoms with Crippen molar-refractivity contribution in [3.05, 3.63) is 41.6 Å². The minimum Gasteiger partial charge on any atom is -0.508 e. The molecule has 0 saturated heterocycles. The summed E-state index contributed by atoms with van der Waals surface area (Å²) in [5, 5.41) is 10.6. The van der Waals surface area contributed by atoms with Gasteiger partial charge in [-0.2, -0.15) is 0 Å². The van der Waals surface area contributed by atoms with Crippen LogP contribution >= 0.6 is 0 Å². The molecule has 2 rings (SSSR count). The van der Waals surface area contributed by atoms with Crippen LogP contribution in [-0.2, 0) is 6.42 Å². The topological polar surface area (TPSA) is 33.1 Å². The molecule has 3 heteroatoms. The summed E-state index contributed by atoms with van der Waals surface area (Å²) in [5.74, 6) is 0.0722. The van der Waals surface area contributed by atoms with Gasteiger partial charge in [0.1, 0.15) is 13.6 Å². The number of fused-ring (bicyclic) bond motifs is 1. The van der Waals surface area contributed by atoms with Gasteiger partial charge in [-0.1, -0.05) is 31.1 Å². The number of rotatable bonds is 2. The number of aliphatic hydroxyl groups is 1. The highest BCUT2D eigenvalue weighted by molar-refractivity contribution is 6.33. The van der Waals surface area contributed by atoms with E-state index < -0.39 is 0 Å². The molecule has 0 aliphatic heterocycles. The average Bonchev–Trinajstić information content (AvgIpc) is 2.27. The quantitative estimate of drug-likeness (QED) is 0.626. The monoisotopic (exact) mass is 223 g/mol. The summed E-state index contributed by atoms with van der Waals surface area (Å²) >= 11 is 0. The normalized spacial score (nSPS) is 10.7. The molecule has 0 amide bonds. The summed E-state index contributed by atoms with van der Waals surface area (Å²) in [6, 6.07) is 5.51. The highest BCUT2D eigenvalue weighted by atomic mass is 16.3. The van der Waals surface area contributed by atoms with Crippen molar-refractivity contribution in [3.8, 4) is 0 Å². The second-order valence-corrected chi connectivity index (χ2v) is 4.13. The van der Waals surface area contributed by atoms with Crippen molar-refractivity contribution in [3.63, 3.8) is 0 Å². The maximum atomic E-state index is 9.79. The first-order chi connectivity index (χ1) is 8.04. The lowest BCUT2D eigenvalue weighted by Gasteiger charge is -2.13. The second kappa shape index (κ2) is 4.25. The van der Waals surface area contributed by atoms with Crippen LogP contribution in [0.25, 0.3) is 16.7 Å². The fourth-order valence-electron chi connectivity index (χ4n) is 2.21. The number of aliphatic hydroxyl groups excluding tert-OH is 1. The Bertz CT molecular complexity index is 605. The predicted molar refractivity (Wildman–Crippen MR) is 72.9 cm³/mol. The molecule has 17 heavy (non-hydrogen) atoms. The Kier molecular flexibility index (Phi) is 2.92. The first kappa shape index (κ1) is 11.7. The van der Waals surface area contributed by atoms with Gasteiger partial charge < -0.3 is 5.11 Å². The zero-order valence-electron chi connectivity index (χ0n) is 10.1. The van der Waals surface area contributed by atoms with E-state index in [-0.39, 0.29) is 5.76 Å². The van der Waals surface area contributed by atoms with E-state index in [1.54, 1.807) is 0 Å². The first-order valence-corrected chi connectivity index (χ1v) is 5.61. The van der Waals surface area contributed by atoms with Crippen LogP contribution < -0.4 is 5.46 Å². The molecular weight excluding hydrogens is 209 g/mol. The molecule has 1 heterocycles. The van der Waals surface area contributed by atoms with Crippen molar-refractivity contribution in [2.24, 2.45) is 0 Å². The number of nitrogens with zero attached hydrogens (tertiary/aromatic N) is 1. The molecule has 0 bridgehead atoms. The molecule has 0 spiro atoms. The molecule has 1 N–H and O–H groups in total. The van der Waals surface area contributed by atoms with Gasteiger partial charge in [0.15, 0.2) is 0 Å². The summed E-state index contributed by atoms with van der Waals surface area (Å²) in [6.07, 6.45) is 0.804. The van der Waals surface area contributed by atoms with Crippen molar-refractivity contribution in [2.75, 3.05) is 0 Å². The van der Waals surface area contributed by atoms with Gasteiger partial charge in [-0.3, -0.25) is 4.98 Å². The van der Waals surface area contributed by atoms with Gasteiger partial charge in [-0.25, -0.2) is 0 Å². The third-order valence-corrected chi connectivity index (χ3v) is 2.96. The maximum Gasteiger partial charge on any atom is 0.116 e. The number of benzene rings is 1. The van der Waals surface area contributed by atoms with Gasteiger partial charge in [-0.05, 0) is 25.0 Å². The van der Waals surface area contributed by atoms with E-state index in [4.69, 9.17) is 7.85 Å². The molecule has 0 saturated carbocycles. The minimum absolute atomic E-state index is 0.0722. The van der Waals surface area contributed by atoms with Gasteiger partial charge in [0.05, 0.1) is 5.52 Å². The van der Waals surface area contributed by atoms with E-state index in [9.17, 15) is 5.11 Å². The van der Waals surface area contributed by atoms with Crippen LogP contribution in [0.4, 0.5) is 0 Å². The molecule has 0 atom stereocenters. The first-order valence-electron chi connectivity index (χ1n) is 5.61. The van der Waals surface area contributed by atoms with Gasteiger partial charge in [0, 0.05) is 16.6 Å². The van der Waals surface area contributed by atoms with Crippen molar-refractivity contribution in [1.29, 1.82) is 0 Å². The van der Waals surface area contributed by atoms with E-state index in [1.165, 1.54) is 0 Å². The summed E-state index contributed by atoms with van der Waals surface area (Å²) in [4.78, 5) is 4.52. The van der Waals surface area contributed by atoms with Crippen LogP contribution in [0.5, 0.6) is 0 Å². The smallest absolute Gasteiger partial charge is 0.116 e. The summed E-state index contributed by atoms with van der Waals surface area (Å²) < 4.78 is 0. The molecule has 0 unspecified atom stereocenters. The molecule has 0 aliphatic rings. The molecule has 1 aromatic carbocycles.